The van der Waals surface area contributed by atoms with E-state index >= 15 is 0 Å². The smallest absolute Gasteiger partial charge is 0.154 e. The average molecular weight is 354 g/mol. The number of fused-ring (bicyclic) bond motifs is 3. The zero-order chi connectivity index (χ0) is 18.5. The minimum atomic E-state index is 0.574. The van der Waals surface area contributed by atoms with Crippen molar-refractivity contribution in [2.45, 2.75) is 40.7 Å². The Labute approximate surface area is 156 Å². The summed E-state index contributed by atoms with van der Waals surface area (Å²) in [6.45, 7) is 14.1. The fourth-order valence-electron chi connectivity index (χ4n) is 3.49. The Hall–Kier alpha value is -2.14. The SMILES string of the molecule is CCN(CC)CCCNc1nc2ccccc2c2c1ncn2CC(C)C. The fraction of sp³-hybridized carbons (Fsp3) is 0.524. The zero-order valence-corrected chi connectivity index (χ0v) is 16.5. The molecular weight excluding hydrogens is 322 g/mol. The van der Waals surface area contributed by atoms with Gasteiger partial charge in [-0.15, -0.1) is 0 Å². The summed E-state index contributed by atoms with van der Waals surface area (Å²) >= 11 is 0. The summed E-state index contributed by atoms with van der Waals surface area (Å²) < 4.78 is 2.27. The first kappa shape index (κ1) is 18.6. The molecule has 0 radical (unpaired) electrons. The van der Waals surface area contributed by atoms with Crippen molar-refractivity contribution in [3.8, 4) is 0 Å². The summed E-state index contributed by atoms with van der Waals surface area (Å²) in [6, 6.07) is 8.36. The number of pyridine rings is 1. The Morgan fingerprint density at radius 2 is 1.92 bits per heavy atom. The summed E-state index contributed by atoms with van der Waals surface area (Å²) in [5.74, 6) is 1.48. The lowest BCUT2D eigenvalue weighted by atomic mass is 10.1. The predicted molar refractivity (Wildman–Crippen MR) is 111 cm³/mol. The van der Waals surface area contributed by atoms with Crippen LogP contribution in [0.4, 0.5) is 5.82 Å². The van der Waals surface area contributed by atoms with Gasteiger partial charge < -0.3 is 14.8 Å². The molecule has 0 spiro atoms. The van der Waals surface area contributed by atoms with Crippen molar-refractivity contribution in [1.29, 1.82) is 0 Å². The second kappa shape index (κ2) is 8.49. The Morgan fingerprint density at radius 1 is 1.15 bits per heavy atom. The topological polar surface area (TPSA) is 46.0 Å². The molecule has 0 bridgehead atoms. The number of hydrogen-bond acceptors (Lipinski definition) is 4. The van der Waals surface area contributed by atoms with E-state index in [4.69, 9.17) is 9.97 Å². The number of nitrogens with zero attached hydrogens (tertiary/aromatic N) is 4. The molecule has 3 rings (SSSR count). The van der Waals surface area contributed by atoms with Crippen LogP contribution in [0.15, 0.2) is 30.6 Å². The van der Waals surface area contributed by atoms with E-state index in [2.05, 4.69) is 66.7 Å². The third-order valence-corrected chi connectivity index (χ3v) is 4.85. The first-order valence-electron chi connectivity index (χ1n) is 9.83. The molecule has 0 saturated heterocycles. The maximum Gasteiger partial charge on any atom is 0.154 e. The van der Waals surface area contributed by atoms with E-state index in [1.807, 2.05) is 6.33 Å². The van der Waals surface area contributed by atoms with Crippen LogP contribution in [0.25, 0.3) is 21.9 Å². The summed E-state index contributed by atoms with van der Waals surface area (Å²) in [6.07, 6.45) is 3.06. The molecule has 0 aliphatic rings. The van der Waals surface area contributed by atoms with E-state index in [0.29, 0.717) is 5.92 Å². The molecule has 0 aliphatic heterocycles. The number of para-hydroxylation sites is 1. The van der Waals surface area contributed by atoms with Gasteiger partial charge in [-0.25, -0.2) is 9.97 Å². The summed E-state index contributed by atoms with van der Waals surface area (Å²) in [4.78, 5) is 12.0. The summed E-state index contributed by atoms with van der Waals surface area (Å²) in [5.41, 5.74) is 3.19. The number of hydrogen-bond donors (Lipinski definition) is 1. The van der Waals surface area contributed by atoms with E-state index in [1.54, 1.807) is 0 Å². The molecule has 0 amide bonds. The van der Waals surface area contributed by atoms with E-state index in [1.165, 1.54) is 10.9 Å². The number of benzene rings is 1. The largest absolute Gasteiger partial charge is 0.368 e. The Bertz CT molecular complexity index is 848. The van der Waals surface area contributed by atoms with Gasteiger partial charge in [0.1, 0.15) is 5.52 Å². The molecule has 1 N–H and O–H groups in total. The van der Waals surface area contributed by atoms with Crippen molar-refractivity contribution < 1.29 is 0 Å². The van der Waals surface area contributed by atoms with Gasteiger partial charge in [-0.2, -0.15) is 0 Å². The molecule has 26 heavy (non-hydrogen) atoms. The molecule has 0 atom stereocenters. The molecule has 5 nitrogen and oxygen atoms in total. The second-order valence-electron chi connectivity index (χ2n) is 7.27. The van der Waals surface area contributed by atoms with E-state index in [-0.39, 0.29) is 0 Å². The van der Waals surface area contributed by atoms with Crippen LogP contribution in [-0.4, -0.2) is 45.6 Å². The molecular formula is C21H31N5. The predicted octanol–water partition coefficient (Wildman–Crippen LogP) is 4.38. The summed E-state index contributed by atoms with van der Waals surface area (Å²) in [7, 11) is 0. The Kier molecular flexibility index (Phi) is 6.09. The van der Waals surface area contributed by atoms with Crippen LogP contribution in [0.2, 0.25) is 0 Å². The quantitative estimate of drug-likeness (QED) is 0.580. The van der Waals surface area contributed by atoms with Crippen LogP contribution in [0.3, 0.4) is 0 Å². The van der Waals surface area contributed by atoms with Crippen LogP contribution in [0, 0.1) is 5.92 Å². The van der Waals surface area contributed by atoms with Gasteiger partial charge in [0.15, 0.2) is 5.82 Å². The highest BCUT2D eigenvalue weighted by Crippen LogP contribution is 2.29. The molecule has 0 unspecified atom stereocenters. The lowest BCUT2D eigenvalue weighted by Gasteiger charge is -2.18. The highest BCUT2D eigenvalue weighted by Gasteiger charge is 2.14. The minimum Gasteiger partial charge on any atom is -0.368 e. The van der Waals surface area contributed by atoms with Crippen molar-refractivity contribution in [2.75, 3.05) is 31.5 Å². The van der Waals surface area contributed by atoms with Gasteiger partial charge in [-0.1, -0.05) is 45.9 Å². The lowest BCUT2D eigenvalue weighted by Crippen LogP contribution is -2.25. The van der Waals surface area contributed by atoms with Crippen molar-refractivity contribution >= 4 is 27.8 Å². The molecule has 0 aliphatic carbocycles. The average Bonchev–Trinajstić information content (AvgIpc) is 3.05. The molecule has 2 aromatic heterocycles. The monoisotopic (exact) mass is 353 g/mol. The van der Waals surface area contributed by atoms with Crippen molar-refractivity contribution in [3.05, 3.63) is 30.6 Å². The maximum absolute atomic E-state index is 4.85. The number of anilines is 1. The van der Waals surface area contributed by atoms with Gasteiger partial charge in [-0.3, -0.25) is 0 Å². The van der Waals surface area contributed by atoms with Gasteiger partial charge in [-0.05, 0) is 38.0 Å². The van der Waals surface area contributed by atoms with Gasteiger partial charge in [0, 0.05) is 18.5 Å². The minimum absolute atomic E-state index is 0.574. The standard InChI is InChI=1S/C21H31N5/c1-5-25(6-2)13-9-12-22-21-19-20(26(15-23-19)14-16(3)4)17-10-7-8-11-18(17)24-21/h7-8,10-11,15-16H,5-6,9,12-14H2,1-4H3,(H,22,24). The Balaban J connectivity index is 1.88. The highest BCUT2D eigenvalue weighted by molar-refractivity contribution is 6.06. The van der Waals surface area contributed by atoms with Crippen LogP contribution >= 0.6 is 0 Å². The zero-order valence-electron chi connectivity index (χ0n) is 16.5. The first-order chi connectivity index (χ1) is 12.6. The normalized spacial score (nSPS) is 11.9. The van der Waals surface area contributed by atoms with Crippen LogP contribution in [-0.2, 0) is 6.54 Å². The van der Waals surface area contributed by atoms with E-state index < -0.39 is 0 Å². The Morgan fingerprint density at radius 3 is 2.65 bits per heavy atom. The lowest BCUT2D eigenvalue weighted by molar-refractivity contribution is 0.303. The highest BCUT2D eigenvalue weighted by atomic mass is 15.1. The molecule has 0 saturated carbocycles. The molecule has 1 aromatic carbocycles. The molecule has 0 fully saturated rings. The van der Waals surface area contributed by atoms with Crippen molar-refractivity contribution in [2.24, 2.45) is 5.92 Å². The molecule has 2 heterocycles. The summed E-state index contributed by atoms with van der Waals surface area (Å²) in [5, 5.41) is 4.71. The second-order valence-corrected chi connectivity index (χ2v) is 7.27. The van der Waals surface area contributed by atoms with Crippen LogP contribution < -0.4 is 5.32 Å². The maximum atomic E-state index is 4.85. The number of nitrogens with one attached hydrogen (secondary N) is 1. The third-order valence-electron chi connectivity index (χ3n) is 4.85. The van der Waals surface area contributed by atoms with E-state index in [0.717, 1.165) is 56.0 Å². The first-order valence-corrected chi connectivity index (χ1v) is 9.83. The molecule has 5 heteroatoms. The number of aromatic nitrogens is 3. The van der Waals surface area contributed by atoms with Gasteiger partial charge in [0.05, 0.1) is 17.4 Å². The van der Waals surface area contributed by atoms with Crippen molar-refractivity contribution in [3.63, 3.8) is 0 Å². The van der Waals surface area contributed by atoms with Gasteiger partial charge in [0.2, 0.25) is 0 Å². The van der Waals surface area contributed by atoms with Crippen LogP contribution in [0.5, 0.6) is 0 Å². The van der Waals surface area contributed by atoms with Gasteiger partial charge in [0.25, 0.3) is 0 Å². The van der Waals surface area contributed by atoms with E-state index in [9.17, 15) is 0 Å². The molecule has 3 aromatic rings. The number of rotatable bonds is 9. The molecule has 140 valence electrons. The third kappa shape index (κ3) is 3.98. The number of imidazole rings is 1. The van der Waals surface area contributed by atoms with Crippen molar-refractivity contribution in [1.82, 2.24) is 19.4 Å². The van der Waals surface area contributed by atoms with Gasteiger partial charge >= 0.3 is 0 Å². The fourth-order valence-corrected chi connectivity index (χ4v) is 3.49. The van der Waals surface area contributed by atoms with Crippen LogP contribution in [0.1, 0.15) is 34.1 Å².